The molecule has 1 aromatic rings. The molecule has 1 aliphatic rings. The molecule has 0 aromatic carbocycles. The molecule has 2 N–H and O–H groups in total. The topological polar surface area (TPSA) is 49.8 Å². The highest BCUT2D eigenvalue weighted by atomic mass is 79.9. The normalized spacial score (nSPS) is 21.3. The van der Waals surface area contributed by atoms with Crippen LogP contribution in [-0.4, -0.2) is 29.1 Å². The summed E-state index contributed by atoms with van der Waals surface area (Å²) < 4.78 is 0.835. The third-order valence-corrected chi connectivity index (χ3v) is 2.86. The number of nitrogens with one attached hydrogen (secondary N) is 2. The van der Waals surface area contributed by atoms with Crippen molar-refractivity contribution in [2.45, 2.75) is 25.8 Å². The van der Waals surface area contributed by atoms with E-state index in [1.165, 1.54) is 12.8 Å². The summed E-state index contributed by atoms with van der Waals surface area (Å²) >= 11 is 3.37. The van der Waals surface area contributed by atoms with E-state index in [-0.39, 0.29) is 0 Å². The van der Waals surface area contributed by atoms with Crippen LogP contribution in [0.15, 0.2) is 10.7 Å². The predicted octanol–water partition coefficient (Wildman–Crippen LogP) is 1.71. The first kappa shape index (κ1) is 10.8. The number of anilines is 1. The number of halogens is 1. The second-order valence-electron chi connectivity index (χ2n) is 3.84. The Kier molecular flexibility index (Phi) is 3.53. The fraction of sp³-hybridized carbons (Fsp3) is 0.600. The summed E-state index contributed by atoms with van der Waals surface area (Å²) in [5, 5.41) is 6.70. The number of hydrogen-bond donors (Lipinski definition) is 2. The maximum atomic E-state index is 4.35. The van der Waals surface area contributed by atoms with Crippen LogP contribution >= 0.6 is 15.9 Å². The third-order valence-electron chi connectivity index (χ3n) is 2.45. The molecule has 0 saturated carbocycles. The van der Waals surface area contributed by atoms with Crippen LogP contribution in [0.5, 0.6) is 0 Å². The lowest BCUT2D eigenvalue weighted by Gasteiger charge is -2.23. The minimum absolute atomic E-state index is 0.451. The molecule has 0 bridgehead atoms. The van der Waals surface area contributed by atoms with E-state index in [0.717, 1.165) is 29.3 Å². The maximum Gasteiger partial charge on any atom is 0.224 e. The van der Waals surface area contributed by atoms with Crippen molar-refractivity contribution in [3.05, 3.63) is 16.4 Å². The fourth-order valence-electron chi connectivity index (χ4n) is 1.75. The van der Waals surface area contributed by atoms with Gasteiger partial charge in [-0.1, -0.05) is 0 Å². The van der Waals surface area contributed by atoms with Crippen molar-refractivity contribution in [1.29, 1.82) is 0 Å². The summed E-state index contributed by atoms with van der Waals surface area (Å²) in [6.07, 6.45) is 2.40. The molecule has 0 amide bonds. The van der Waals surface area contributed by atoms with Crippen molar-refractivity contribution in [2.24, 2.45) is 0 Å². The van der Waals surface area contributed by atoms with Gasteiger partial charge in [-0.15, -0.1) is 0 Å². The lowest BCUT2D eigenvalue weighted by molar-refractivity contribution is 0.478. The number of piperidine rings is 1. The van der Waals surface area contributed by atoms with Crippen molar-refractivity contribution in [3.8, 4) is 0 Å². The van der Waals surface area contributed by atoms with E-state index >= 15 is 0 Å². The van der Waals surface area contributed by atoms with Crippen LogP contribution in [0, 0.1) is 6.92 Å². The van der Waals surface area contributed by atoms with E-state index in [9.17, 15) is 0 Å². The molecular formula is C10H15BrN4. The van der Waals surface area contributed by atoms with Crippen LogP contribution in [-0.2, 0) is 0 Å². The summed E-state index contributed by atoms with van der Waals surface area (Å²) in [5.74, 6) is 0.718. The largest absolute Gasteiger partial charge is 0.350 e. The van der Waals surface area contributed by atoms with Crippen molar-refractivity contribution in [2.75, 3.05) is 18.4 Å². The summed E-state index contributed by atoms with van der Waals surface area (Å²) in [6.45, 7) is 4.09. The highest BCUT2D eigenvalue weighted by Gasteiger charge is 2.13. The number of rotatable bonds is 2. The average molecular weight is 271 g/mol. The van der Waals surface area contributed by atoms with Gasteiger partial charge in [-0.05, 0) is 48.3 Å². The van der Waals surface area contributed by atoms with Crippen LogP contribution in [0.4, 0.5) is 5.95 Å². The van der Waals surface area contributed by atoms with Gasteiger partial charge in [0, 0.05) is 18.3 Å². The zero-order chi connectivity index (χ0) is 10.7. The molecule has 1 aromatic heterocycles. The van der Waals surface area contributed by atoms with Crippen molar-refractivity contribution < 1.29 is 0 Å². The van der Waals surface area contributed by atoms with Crippen LogP contribution in [0.1, 0.15) is 18.5 Å². The molecule has 1 aliphatic heterocycles. The SMILES string of the molecule is Cc1cc(Br)nc(NC2CCCNC2)n1. The summed E-state index contributed by atoms with van der Waals surface area (Å²) in [7, 11) is 0. The molecule has 4 nitrogen and oxygen atoms in total. The molecule has 1 unspecified atom stereocenters. The van der Waals surface area contributed by atoms with Crippen molar-refractivity contribution in [3.63, 3.8) is 0 Å². The molecule has 2 heterocycles. The third kappa shape index (κ3) is 3.14. The summed E-state index contributed by atoms with van der Waals surface area (Å²) in [6, 6.07) is 2.36. The van der Waals surface area contributed by atoms with E-state index in [0.29, 0.717) is 6.04 Å². The molecule has 1 atom stereocenters. The Morgan fingerprint density at radius 2 is 2.40 bits per heavy atom. The van der Waals surface area contributed by atoms with Crippen LogP contribution in [0.25, 0.3) is 0 Å². The molecule has 0 aliphatic carbocycles. The van der Waals surface area contributed by atoms with Gasteiger partial charge in [0.25, 0.3) is 0 Å². The Hall–Kier alpha value is -0.680. The molecule has 5 heteroatoms. The fourth-order valence-corrected chi connectivity index (χ4v) is 2.25. The van der Waals surface area contributed by atoms with Crippen molar-refractivity contribution >= 4 is 21.9 Å². The molecule has 82 valence electrons. The first-order chi connectivity index (χ1) is 7.24. The van der Waals surface area contributed by atoms with E-state index in [2.05, 4.69) is 36.5 Å². The maximum absolute atomic E-state index is 4.35. The zero-order valence-electron chi connectivity index (χ0n) is 8.76. The van der Waals surface area contributed by atoms with Crippen LogP contribution in [0.3, 0.4) is 0 Å². The van der Waals surface area contributed by atoms with Gasteiger partial charge in [-0.3, -0.25) is 0 Å². The first-order valence-corrected chi connectivity index (χ1v) is 6.02. The van der Waals surface area contributed by atoms with E-state index < -0.39 is 0 Å². The highest BCUT2D eigenvalue weighted by molar-refractivity contribution is 9.10. The van der Waals surface area contributed by atoms with Gasteiger partial charge >= 0.3 is 0 Å². The lowest BCUT2D eigenvalue weighted by atomic mass is 10.1. The van der Waals surface area contributed by atoms with Crippen LogP contribution in [0.2, 0.25) is 0 Å². The van der Waals surface area contributed by atoms with Gasteiger partial charge in [-0.2, -0.15) is 0 Å². The molecular weight excluding hydrogens is 256 g/mol. The van der Waals surface area contributed by atoms with Gasteiger partial charge in [0.1, 0.15) is 4.60 Å². The average Bonchev–Trinajstić information content (AvgIpc) is 2.17. The highest BCUT2D eigenvalue weighted by Crippen LogP contribution is 2.13. The van der Waals surface area contributed by atoms with Gasteiger partial charge in [0.2, 0.25) is 5.95 Å². The van der Waals surface area contributed by atoms with E-state index in [1.54, 1.807) is 0 Å². The standard InChI is InChI=1S/C10H15BrN4/c1-7-5-9(11)15-10(13-7)14-8-3-2-4-12-6-8/h5,8,12H,2-4,6H2,1H3,(H,13,14,15). The van der Waals surface area contributed by atoms with Gasteiger partial charge in [0.15, 0.2) is 0 Å². The smallest absolute Gasteiger partial charge is 0.224 e. The van der Waals surface area contributed by atoms with Gasteiger partial charge in [0.05, 0.1) is 0 Å². The van der Waals surface area contributed by atoms with Crippen LogP contribution < -0.4 is 10.6 Å². The lowest BCUT2D eigenvalue weighted by Crippen LogP contribution is -2.38. The monoisotopic (exact) mass is 270 g/mol. The second-order valence-corrected chi connectivity index (χ2v) is 4.66. The van der Waals surface area contributed by atoms with Crippen molar-refractivity contribution in [1.82, 2.24) is 15.3 Å². The Balaban J connectivity index is 2.02. The Labute approximate surface area is 98.0 Å². The Bertz CT molecular complexity index is 316. The predicted molar refractivity (Wildman–Crippen MR) is 64.0 cm³/mol. The second kappa shape index (κ2) is 4.90. The first-order valence-electron chi connectivity index (χ1n) is 5.22. The number of aromatic nitrogens is 2. The molecule has 2 rings (SSSR count). The molecule has 0 radical (unpaired) electrons. The zero-order valence-corrected chi connectivity index (χ0v) is 10.3. The minimum atomic E-state index is 0.451. The van der Waals surface area contributed by atoms with E-state index in [1.807, 2.05) is 13.0 Å². The number of aryl methyl sites for hydroxylation is 1. The molecule has 15 heavy (non-hydrogen) atoms. The Morgan fingerprint density at radius 1 is 1.53 bits per heavy atom. The quantitative estimate of drug-likeness (QED) is 0.804. The summed E-state index contributed by atoms with van der Waals surface area (Å²) in [4.78, 5) is 8.64. The minimum Gasteiger partial charge on any atom is -0.350 e. The van der Waals surface area contributed by atoms with E-state index in [4.69, 9.17) is 0 Å². The molecule has 0 spiro atoms. The molecule has 1 fully saturated rings. The number of nitrogens with zero attached hydrogens (tertiary/aromatic N) is 2. The van der Waals surface area contributed by atoms with Gasteiger partial charge in [-0.25, -0.2) is 9.97 Å². The number of hydrogen-bond acceptors (Lipinski definition) is 4. The summed E-state index contributed by atoms with van der Waals surface area (Å²) in [5.41, 5.74) is 0.975. The van der Waals surface area contributed by atoms with Gasteiger partial charge < -0.3 is 10.6 Å². The Morgan fingerprint density at radius 3 is 3.07 bits per heavy atom. The molecule has 1 saturated heterocycles.